The zero-order chi connectivity index (χ0) is 22.4. The van der Waals surface area contributed by atoms with Crippen LogP contribution in [0.4, 0.5) is 0 Å². The first-order valence-corrected chi connectivity index (χ1v) is 10.8. The van der Waals surface area contributed by atoms with Gasteiger partial charge in [-0.3, -0.25) is 9.59 Å². The summed E-state index contributed by atoms with van der Waals surface area (Å²) in [5.41, 5.74) is 1.95. The number of phenols is 1. The molecule has 1 saturated heterocycles. The third-order valence-electron chi connectivity index (χ3n) is 6.63. The quantitative estimate of drug-likeness (QED) is 0.501. The molecule has 32 heavy (non-hydrogen) atoms. The van der Waals surface area contributed by atoms with Crippen LogP contribution in [0, 0.1) is 11.8 Å². The molecule has 0 bridgehead atoms. The number of rotatable bonds is 8. The topological polar surface area (TPSA) is 89.9 Å². The minimum Gasteiger partial charge on any atom is -1.00 e. The predicted octanol–water partition coefficient (Wildman–Crippen LogP) is 0.168. The molecule has 1 amide bonds. The third kappa shape index (κ3) is 6.82. The van der Waals surface area contributed by atoms with Crippen LogP contribution in [0.15, 0.2) is 54.6 Å². The van der Waals surface area contributed by atoms with Gasteiger partial charge in [-0.05, 0) is 67.4 Å². The molecule has 7 heteroatoms. The Bertz CT molecular complexity index is 914. The minimum atomic E-state index is -1.05. The van der Waals surface area contributed by atoms with E-state index >= 15 is 0 Å². The van der Waals surface area contributed by atoms with E-state index in [0.29, 0.717) is 12.8 Å². The Morgan fingerprint density at radius 3 is 2.59 bits per heavy atom. The van der Waals surface area contributed by atoms with Crippen molar-refractivity contribution in [1.29, 1.82) is 0 Å². The molecular formula is C25H33N2NaO4. The van der Waals surface area contributed by atoms with Crippen LogP contribution in [0.25, 0.3) is 0 Å². The maximum atomic E-state index is 13.0. The number of likely N-dealkylation sites (tertiary alicyclic amines) is 1. The van der Waals surface area contributed by atoms with Crippen LogP contribution in [0.5, 0.6) is 5.75 Å². The Kier molecular flexibility index (Phi) is 9.77. The van der Waals surface area contributed by atoms with E-state index in [0.717, 1.165) is 30.6 Å². The van der Waals surface area contributed by atoms with Gasteiger partial charge in [-0.25, -0.2) is 0 Å². The van der Waals surface area contributed by atoms with Crippen molar-refractivity contribution in [2.45, 2.75) is 31.6 Å². The molecule has 168 valence electrons. The van der Waals surface area contributed by atoms with E-state index in [-0.39, 0.29) is 66.4 Å². The summed E-state index contributed by atoms with van der Waals surface area (Å²) in [5.74, 6) is -1.18. The van der Waals surface area contributed by atoms with Crippen LogP contribution in [0.1, 0.15) is 32.3 Å². The Morgan fingerprint density at radius 1 is 1.22 bits per heavy atom. The fourth-order valence-electron chi connectivity index (χ4n) is 4.70. The number of aliphatic carboxylic acids is 1. The van der Waals surface area contributed by atoms with E-state index in [9.17, 15) is 14.7 Å². The van der Waals surface area contributed by atoms with Gasteiger partial charge in [0.15, 0.2) is 0 Å². The number of hydrogen-bond donors (Lipinski definition) is 3. The van der Waals surface area contributed by atoms with Gasteiger partial charge in [0.1, 0.15) is 12.3 Å². The average molecular weight is 449 g/mol. The number of phenolic OH excluding ortho intramolecular Hbond substituents is 1. The summed E-state index contributed by atoms with van der Waals surface area (Å²) in [5, 5.41) is 21.6. The number of carbonyl (C=O) groups is 2. The first-order chi connectivity index (χ1) is 14.8. The van der Waals surface area contributed by atoms with E-state index in [1.165, 1.54) is 0 Å². The first kappa shape index (κ1) is 26.4. The largest absolute Gasteiger partial charge is 1.00 e. The molecule has 1 aliphatic heterocycles. The van der Waals surface area contributed by atoms with Gasteiger partial charge in [-0.15, -0.1) is 0 Å². The molecule has 6 nitrogen and oxygen atoms in total. The molecule has 0 aliphatic carbocycles. The van der Waals surface area contributed by atoms with Gasteiger partial charge in [0.05, 0.1) is 0 Å². The molecule has 1 aliphatic rings. The van der Waals surface area contributed by atoms with Crippen molar-refractivity contribution in [2.24, 2.45) is 11.8 Å². The monoisotopic (exact) mass is 448 g/mol. The standard InChI is InChI=1S/C25H32N2O4.Na.H/c1-25(20-9-6-10-22(28)15-20)11-12-27(2)17-21(25)14-19(24(31)26-16-23(29)30)13-18-7-4-3-5-8-18;;/h3-10,15,19,21,28H,11-14,16-17H2,1-2H3,(H,26,31)(H,29,30);;/q;+1;-1/t19-,21?,25?;;/m1../s1. The Balaban J connectivity index is 0.00000272. The molecule has 3 N–H and O–H groups in total. The number of nitrogens with zero attached hydrogens (tertiary/aromatic N) is 1. The summed E-state index contributed by atoms with van der Waals surface area (Å²) in [7, 11) is 2.09. The smallest absolute Gasteiger partial charge is 1.00 e. The number of piperidine rings is 1. The molecule has 3 atom stereocenters. The van der Waals surface area contributed by atoms with Gasteiger partial charge in [-0.1, -0.05) is 49.4 Å². The summed E-state index contributed by atoms with van der Waals surface area (Å²) >= 11 is 0. The van der Waals surface area contributed by atoms with Crippen LogP contribution in [0.2, 0.25) is 0 Å². The molecular weight excluding hydrogens is 415 g/mol. The minimum absolute atomic E-state index is 0. The predicted molar refractivity (Wildman–Crippen MR) is 121 cm³/mol. The van der Waals surface area contributed by atoms with Gasteiger partial charge < -0.3 is 21.9 Å². The number of nitrogens with one attached hydrogen (secondary N) is 1. The Morgan fingerprint density at radius 2 is 1.94 bits per heavy atom. The summed E-state index contributed by atoms with van der Waals surface area (Å²) in [6.45, 7) is 3.62. The van der Waals surface area contributed by atoms with Crippen molar-refractivity contribution in [3.63, 3.8) is 0 Å². The van der Waals surface area contributed by atoms with Crippen molar-refractivity contribution >= 4 is 11.9 Å². The van der Waals surface area contributed by atoms with E-state index < -0.39 is 5.97 Å². The van der Waals surface area contributed by atoms with Gasteiger partial charge in [0.25, 0.3) is 0 Å². The van der Waals surface area contributed by atoms with E-state index in [2.05, 4.69) is 30.3 Å². The fraction of sp³-hybridized carbons (Fsp3) is 0.440. The summed E-state index contributed by atoms with van der Waals surface area (Å²) in [6, 6.07) is 17.3. The maximum Gasteiger partial charge on any atom is 1.00 e. The van der Waals surface area contributed by atoms with Crippen LogP contribution in [0.3, 0.4) is 0 Å². The van der Waals surface area contributed by atoms with Gasteiger partial charge in [0, 0.05) is 12.5 Å². The second-order valence-corrected chi connectivity index (χ2v) is 8.91. The van der Waals surface area contributed by atoms with Gasteiger partial charge in [0.2, 0.25) is 5.91 Å². The number of carbonyl (C=O) groups excluding carboxylic acids is 1. The first-order valence-electron chi connectivity index (χ1n) is 10.8. The summed E-state index contributed by atoms with van der Waals surface area (Å²) in [4.78, 5) is 26.3. The summed E-state index contributed by atoms with van der Waals surface area (Å²) < 4.78 is 0. The number of hydrogen-bond acceptors (Lipinski definition) is 4. The number of carboxylic acid groups (broad SMARTS) is 1. The van der Waals surface area contributed by atoms with Crippen LogP contribution < -0.4 is 34.9 Å². The second kappa shape index (κ2) is 11.8. The fourth-order valence-corrected chi connectivity index (χ4v) is 4.70. The second-order valence-electron chi connectivity index (χ2n) is 8.91. The van der Waals surface area contributed by atoms with Crippen LogP contribution in [-0.2, 0) is 21.4 Å². The average Bonchev–Trinajstić information content (AvgIpc) is 2.75. The molecule has 0 saturated carbocycles. The maximum absolute atomic E-state index is 13.0. The van der Waals surface area contributed by atoms with E-state index in [1.54, 1.807) is 6.07 Å². The van der Waals surface area contributed by atoms with E-state index in [1.807, 2.05) is 42.5 Å². The number of benzene rings is 2. The summed E-state index contributed by atoms with van der Waals surface area (Å²) in [6.07, 6.45) is 2.12. The van der Waals surface area contributed by atoms with Gasteiger partial charge >= 0.3 is 35.5 Å². The van der Waals surface area contributed by atoms with Crippen molar-refractivity contribution in [3.05, 3.63) is 65.7 Å². The van der Waals surface area contributed by atoms with Crippen molar-refractivity contribution in [3.8, 4) is 5.75 Å². The van der Waals surface area contributed by atoms with Gasteiger partial charge in [-0.2, -0.15) is 0 Å². The molecule has 3 rings (SSSR count). The number of amides is 1. The number of aromatic hydroxyl groups is 1. The normalized spacial score (nSPS) is 21.9. The van der Waals surface area contributed by atoms with Crippen LogP contribution >= 0.6 is 0 Å². The molecule has 1 fully saturated rings. The van der Waals surface area contributed by atoms with Crippen molar-refractivity contribution < 1.29 is 50.8 Å². The Labute approximate surface area is 213 Å². The molecule has 2 unspecified atom stereocenters. The number of carboxylic acids is 1. The van der Waals surface area contributed by atoms with Crippen LogP contribution in [-0.4, -0.2) is 53.7 Å². The zero-order valence-electron chi connectivity index (χ0n) is 20.3. The SMILES string of the molecule is CN1CCC(C)(c2cccc(O)c2)C(C[C@@H](Cc2ccccc2)C(=O)NCC(=O)O)C1.[H-].[Na+]. The van der Waals surface area contributed by atoms with E-state index in [4.69, 9.17) is 5.11 Å². The third-order valence-corrected chi connectivity index (χ3v) is 6.63. The molecule has 0 radical (unpaired) electrons. The zero-order valence-corrected chi connectivity index (χ0v) is 21.3. The molecule has 2 aromatic carbocycles. The molecule has 0 spiro atoms. The molecule has 0 aromatic heterocycles. The molecule has 1 heterocycles. The Hall–Kier alpha value is -1.86. The van der Waals surface area contributed by atoms with Crippen molar-refractivity contribution in [2.75, 3.05) is 26.7 Å². The molecule has 2 aromatic rings. The van der Waals surface area contributed by atoms with Crippen molar-refractivity contribution in [1.82, 2.24) is 10.2 Å².